The molecule has 0 unspecified atom stereocenters. The van der Waals surface area contributed by atoms with Gasteiger partial charge in [0.2, 0.25) is 0 Å². The third kappa shape index (κ3) is 3.98. The molecule has 26 heavy (non-hydrogen) atoms. The molecular weight excluding hydrogens is 326 g/mol. The molecule has 4 aliphatic rings. The van der Waals surface area contributed by atoms with Crippen LogP contribution in [0.2, 0.25) is 0 Å². The van der Waals surface area contributed by atoms with Gasteiger partial charge < -0.3 is 9.72 Å². The van der Waals surface area contributed by atoms with Crippen LogP contribution in [0.4, 0.5) is 0 Å². The molecule has 0 aromatic carbocycles. The first-order valence-corrected chi connectivity index (χ1v) is 10.3. The average molecular weight is 362 g/mol. The maximum atomic E-state index is 5.56. The van der Waals surface area contributed by atoms with Crippen LogP contribution in [0.25, 0.3) is 0 Å². The van der Waals surface area contributed by atoms with Crippen LogP contribution < -0.4 is 0 Å². The van der Waals surface area contributed by atoms with Gasteiger partial charge in [0.15, 0.2) is 0 Å². The third-order valence-corrected chi connectivity index (χ3v) is 6.67. The Labute approximate surface area is 157 Å². The minimum absolute atomic E-state index is 0.220. The zero-order valence-electron chi connectivity index (χ0n) is 16.7. The van der Waals surface area contributed by atoms with E-state index in [1.807, 2.05) is 6.33 Å². The van der Waals surface area contributed by atoms with Crippen LogP contribution in [0.15, 0.2) is 6.33 Å². The number of aryl methyl sites for hydroxylation is 1. The molecule has 5 heterocycles. The second kappa shape index (κ2) is 7.58. The zero-order chi connectivity index (χ0) is 18.1. The molecule has 0 radical (unpaired) electrons. The van der Waals surface area contributed by atoms with Gasteiger partial charge in [-0.25, -0.2) is 4.98 Å². The number of hydrogen-bond donors (Lipinski definition) is 1. The molecular formula is C20H35N5O. The molecule has 4 fully saturated rings. The van der Waals surface area contributed by atoms with E-state index in [-0.39, 0.29) is 5.54 Å². The van der Waals surface area contributed by atoms with E-state index < -0.39 is 0 Å². The van der Waals surface area contributed by atoms with Crippen molar-refractivity contribution in [2.24, 2.45) is 5.92 Å². The molecule has 2 bridgehead atoms. The summed E-state index contributed by atoms with van der Waals surface area (Å²) in [6.07, 6.45) is 4.56. The molecule has 0 aliphatic carbocycles. The Balaban J connectivity index is 1.40. The summed E-state index contributed by atoms with van der Waals surface area (Å²) < 4.78 is 5.56. The maximum Gasteiger partial charge on any atom is 0.0925 e. The van der Waals surface area contributed by atoms with Gasteiger partial charge in [0.05, 0.1) is 25.2 Å². The van der Waals surface area contributed by atoms with E-state index in [0.717, 1.165) is 38.8 Å². The highest BCUT2D eigenvalue weighted by Crippen LogP contribution is 2.31. The van der Waals surface area contributed by atoms with Crippen molar-refractivity contribution in [2.45, 2.75) is 51.7 Å². The number of rotatable bonds is 5. The Hall–Kier alpha value is -0.950. The number of aromatic amines is 1. The summed E-state index contributed by atoms with van der Waals surface area (Å²) >= 11 is 0. The summed E-state index contributed by atoms with van der Waals surface area (Å²) in [5.74, 6) is 0.800. The molecule has 4 aliphatic heterocycles. The van der Waals surface area contributed by atoms with Crippen molar-refractivity contribution in [2.75, 3.05) is 52.5 Å². The molecule has 0 saturated carbocycles. The van der Waals surface area contributed by atoms with E-state index >= 15 is 0 Å². The van der Waals surface area contributed by atoms with E-state index in [1.54, 1.807) is 0 Å². The van der Waals surface area contributed by atoms with Crippen molar-refractivity contribution in [1.82, 2.24) is 24.7 Å². The van der Waals surface area contributed by atoms with E-state index in [2.05, 4.69) is 45.4 Å². The lowest BCUT2D eigenvalue weighted by molar-refractivity contribution is -0.0310. The zero-order valence-corrected chi connectivity index (χ0v) is 16.7. The summed E-state index contributed by atoms with van der Waals surface area (Å²) in [4.78, 5) is 15.8. The molecule has 2 atom stereocenters. The van der Waals surface area contributed by atoms with E-state index in [9.17, 15) is 0 Å². The van der Waals surface area contributed by atoms with Crippen LogP contribution in [0.1, 0.15) is 38.1 Å². The molecule has 5 rings (SSSR count). The highest BCUT2D eigenvalue weighted by atomic mass is 16.5. The number of ether oxygens (including phenoxy) is 1. The number of imidazole rings is 1. The van der Waals surface area contributed by atoms with Crippen molar-refractivity contribution >= 4 is 0 Å². The highest BCUT2D eigenvalue weighted by Gasteiger charge is 2.39. The van der Waals surface area contributed by atoms with Crippen molar-refractivity contribution in [3.05, 3.63) is 17.7 Å². The number of nitrogens with zero attached hydrogens (tertiary/aromatic N) is 4. The van der Waals surface area contributed by atoms with Crippen LogP contribution >= 0.6 is 0 Å². The lowest BCUT2D eigenvalue weighted by Crippen LogP contribution is -2.58. The highest BCUT2D eigenvalue weighted by molar-refractivity contribution is 5.09. The third-order valence-electron chi connectivity index (χ3n) is 6.67. The fourth-order valence-electron chi connectivity index (χ4n) is 5.12. The number of H-pyrrole nitrogens is 1. The van der Waals surface area contributed by atoms with Crippen LogP contribution in [0.3, 0.4) is 0 Å². The first kappa shape index (κ1) is 18.4. The lowest BCUT2D eigenvalue weighted by atomic mass is 9.92. The number of piperidine rings is 1. The van der Waals surface area contributed by atoms with Gasteiger partial charge in [-0.2, -0.15) is 0 Å². The predicted molar refractivity (Wildman–Crippen MR) is 103 cm³/mol. The minimum Gasteiger partial charge on any atom is -0.379 e. The molecule has 0 amide bonds. The Morgan fingerprint density at radius 2 is 2.00 bits per heavy atom. The smallest absolute Gasteiger partial charge is 0.0925 e. The number of hydrogen-bond acceptors (Lipinski definition) is 5. The number of nitrogens with one attached hydrogen (secondary N) is 1. The van der Waals surface area contributed by atoms with Gasteiger partial charge in [0, 0.05) is 63.1 Å². The predicted octanol–water partition coefficient (Wildman–Crippen LogP) is 1.73. The monoisotopic (exact) mass is 361 g/mol. The number of aromatic nitrogens is 2. The molecule has 6 heteroatoms. The van der Waals surface area contributed by atoms with E-state index in [4.69, 9.17) is 4.74 Å². The largest absolute Gasteiger partial charge is 0.379 e. The van der Waals surface area contributed by atoms with E-state index in [0.29, 0.717) is 6.04 Å². The molecule has 6 nitrogen and oxygen atoms in total. The topological polar surface area (TPSA) is 47.6 Å². The van der Waals surface area contributed by atoms with Crippen LogP contribution in [0.5, 0.6) is 0 Å². The Morgan fingerprint density at radius 1 is 1.19 bits per heavy atom. The maximum absolute atomic E-state index is 5.56. The minimum atomic E-state index is 0.220. The van der Waals surface area contributed by atoms with Crippen LogP contribution in [-0.4, -0.2) is 88.7 Å². The van der Waals surface area contributed by atoms with Crippen molar-refractivity contribution < 1.29 is 4.74 Å². The van der Waals surface area contributed by atoms with Crippen LogP contribution in [-0.2, 0) is 11.3 Å². The summed E-state index contributed by atoms with van der Waals surface area (Å²) in [5.41, 5.74) is 2.65. The number of fused-ring (bicyclic) bond motifs is 4. The number of morpholine rings is 1. The molecule has 1 N–H and O–H groups in total. The molecule has 0 spiro atoms. The van der Waals surface area contributed by atoms with Gasteiger partial charge in [-0.15, -0.1) is 0 Å². The van der Waals surface area contributed by atoms with Gasteiger partial charge >= 0.3 is 0 Å². The van der Waals surface area contributed by atoms with Crippen molar-refractivity contribution in [1.29, 1.82) is 0 Å². The summed E-state index contributed by atoms with van der Waals surface area (Å²) in [6.45, 7) is 16.7. The SMILES string of the molecule is Cc1[nH]cnc1CN1C[C@H]2CC[C@@H](C1)N(CC(C)(C)N1CCOCC1)C2. The normalized spacial score (nSPS) is 29.2. The quantitative estimate of drug-likeness (QED) is 0.865. The van der Waals surface area contributed by atoms with Gasteiger partial charge in [-0.05, 0) is 39.5 Å². The standard InChI is InChI=1S/C20H35N5O/c1-16-19(22-15-21-16)13-23-10-17-4-5-18(12-23)24(11-17)14-20(2,3)25-6-8-26-9-7-25/h15,17-18H,4-14H2,1-3H3,(H,21,22)/t17-,18+/m1/s1. The van der Waals surface area contributed by atoms with Crippen LogP contribution in [0, 0.1) is 12.8 Å². The summed E-state index contributed by atoms with van der Waals surface area (Å²) in [6, 6.07) is 0.688. The molecule has 1 aromatic rings. The average Bonchev–Trinajstić information content (AvgIpc) is 2.84. The first-order chi connectivity index (χ1) is 12.5. The van der Waals surface area contributed by atoms with Gasteiger partial charge in [-0.1, -0.05) is 0 Å². The van der Waals surface area contributed by atoms with Gasteiger partial charge in [-0.3, -0.25) is 14.7 Å². The molecule has 1 aromatic heterocycles. The molecule has 4 saturated heterocycles. The summed E-state index contributed by atoms with van der Waals surface area (Å²) in [5, 5.41) is 0. The Kier molecular flexibility index (Phi) is 5.37. The summed E-state index contributed by atoms with van der Waals surface area (Å²) in [7, 11) is 0. The van der Waals surface area contributed by atoms with Gasteiger partial charge in [0.25, 0.3) is 0 Å². The van der Waals surface area contributed by atoms with Crippen molar-refractivity contribution in [3.8, 4) is 0 Å². The Bertz CT molecular complexity index is 595. The fraction of sp³-hybridized carbons (Fsp3) is 0.850. The Morgan fingerprint density at radius 3 is 2.73 bits per heavy atom. The van der Waals surface area contributed by atoms with E-state index in [1.165, 1.54) is 50.4 Å². The lowest BCUT2D eigenvalue weighted by Gasteiger charge is -2.46. The van der Waals surface area contributed by atoms with Gasteiger partial charge in [0.1, 0.15) is 0 Å². The first-order valence-electron chi connectivity index (χ1n) is 10.3. The molecule has 146 valence electrons. The second-order valence-electron chi connectivity index (χ2n) is 9.11. The fourth-order valence-corrected chi connectivity index (χ4v) is 5.12. The second-order valence-corrected chi connectivity index (χ2v) is 9.11. The van der Waals surface area contributed by atoms with Crippen molar-refractivity contribution in [3.63, 3.8) is 0 Å².